The molecule has 0 radical (unpaired) electrons. The zero-order valence-corrected chi connectivity index (χ0v) is 25.0. The Morgan fingerprint density at radius 3 is 2.42 bits per heavy atom. The largest absolute Gasteiger partial charge is 0.451 e. The van der Waals surface area contributed by atoms with E-state index < -0.39 is 68.5 Å². The molecule has 11 heteroatoms. The standard InChI is InChI=1S/C32H40N2O9/c1-18(2)29(38)24(42-23(35)21-12-9-15-33-21)30(39)25(4)17-28(37)26(29,5)32(30,40)31(43-28)22(19(3)13-14-27(25,31)36)34-41-16-20-10-7-6-8-11-20/h6-12,15,18-19,24,33,36-40H,13-14,16-17H2,1-5H3/b34-22+/t19-,24+,25-,26-,27-,28-,29+,30+,31+,32+/m0/s1. The van der Waals surface area contributed by atoms with Crippen LogP contribution in [-0.2, 0) is 20.9 Å². The monoisotopic (exact) mass is 596 g/mol. The highest BCUT2D eigenvalue weighted by Gasteiger charge is 3.10. The van der Waals surface area contributed by atoms with Crippen LogP contribution in [-0.4, -0.2) is 82.1 Å². The average molecular weight is 597 g/mol. The summed E-state index contributed by atoms with van der Waals surface area (Å²) in [4.78, 5) is 22.0. The number of carbonyl (C=O) groups excluding carboxylic acids is 1. The average Bonchev–Trinajstić information content (AvgIpc) is 3.59. The number of aliphatic hydroxyl groups is 5. The van der Waals surface area contributed by atoms with Gasteiger partial charge in [-0.3, -0.25) is 0 Å². The fourth-order valence-corrected chi connectivity index (χ4v) is 10.2. The first-order chi connectivity index (χ1) is 20.1. The lowest BCUT2D eigenvalue weighted by Gasteiger charge is -2.59. The van der Waals surface area contributed by atoms with Gasteiger partial charge in [-0.25, -0.2) is 4.79 Å². The number of carbonyl (C=O) groups is 1. The first-order valence-corrected chi connectivity index (χ1v) is 15.0. The van der Waals surface area contributed by atoms with Crippen molar-refractivity contribution in [1.82, 2.24) is 4.98 Å². The lowest BCUT2D eigenvalue weighted by atomic mass is 9.52. The van der Waals surface area contributed by atoms with Crippen LogP contribution in [0.2, 0.25) is 0 Å². The summed E-state index contributed by atoms with van der Waals surface area (Å²) in [6.07, 6.45) is -0.0914. The van der Waals surface area contributed by atoms with Crippen LogP contribution in [0.4, 0.5) is 0 Å². The summed E-state index contributed by atoms with van der Waals surface area (Å²) in [7, 11) is 0. The molecule has 11 nitrogen and oxygen atoms in total. The Bertz CT molecular complexity index is 1520. The lowest BCUT2D eigenvalue weighted by molar-refractivity contribution is -0.366. The van der Waals surface area contributed by atoms with E-state index in [4.69, 9.17) is 14.3 Å². The summed E-state index contributed by atoms with van der Waals surface area (Å²) in [5, 5.41) is 69.1. The summed E-state index contributed by atoms with van der Waals surface area (Å²) < 4.78 is 12.5. The number of H-pyrrole nitrogens is 1. The van der Waals surface area contributed by atoms with Crippen LogP contribution in [0.25, 0.3) is 0 Å². The fourth-order valence-electron chi connectivity index (χ4n) is 10.2. The van der Waals surface area contributed by atoms with E-state index in [1.54, 1.807) is 26.8 Å². The van der Waals surface area contributed by atoms with Gasteiger partial charge in [0.25, 0.3) is 0 Å². The van der Waals surface area contributed by atoms with Crippen LogP contribution >= 0.6 is 0 Å². The number of hydrogen-bond acceptors (Lipinski definition) is 10. The molecule has 1 spiro atoms. The molecule has 0 unspecified atom stereocenters. The van der Waals surface area contributed by atoms with E-state index in [9.17, 15) is 30.3 Å². The number of nitrogens with zero attached hydrogens (tertiary/aromatic N) is 1. The van der Waals surface area contributed by atoms with Crippen LogP contribution in [0.1, 0.15) is 69.9 Å². The molecule has 1 aromatic heterocycles. The van der Waals surface area contributed by atoms with Gasteiger partial charge in [0, 0.05) is 24.0 Å². The molecule has 0 amide bonds. The van der Waals surface area contributed by atoms with E-state index in [2.05, 4.69) is 10.1 Å². The van der Waals surface area contributed by atoms with Crippen molar-refractivity contribution in [2.75, 3.05) is 0 Å². The predicted molar refractivity (Wildman–Crippen MR) is 151 cm³/mol. The number of oxime groups is 1. The molecule has 10 atom stereocenters. The van der Waals surface area contributed by atoms with Crippen LogP contribution in [0, 0.1) is 22.7 Å². The van der Waals surface area contributed by atoms with Gasteiger partial charge in [-0.05, 0) is 43.4 Å². The third-order valence-corrected chi connectivity index (χ3v) is 12.3. The molecule has 6 bridgehead atoms. The summed E-state index contributed by atoms with van der Waals surface area (Å²) in [5.74, 6) is -4.32. The molecular formula is C32H40N2O9. The molecule has 2 saturated heterocycles. The molecule has 2 aromatic rings. The van der Waals surface area contributed by atoms with Crippen molar-refractivity contribution in [1.29, 1.82) is 0 Å². The van der Waals surface area contributed by atoms with Crippen molar-refractivity contribution in [3.8, 4) is 0 Å². The molecule has 8 rings (SSSR count). The van der Waals surface area contributed by atoms with Crippen molar-refractivity contribution in [3.05, 3.63) is 59.9 Å². The molecule has 3 heterocycles. The topological polar surface area (TPSA) is 174 Å². The number of esters is 1. The molecular weight excluding hydrogens is 556 g/mol. The lowest BCUT2D eigenvalue weighted by Crippen LogP contribution is -2.74. The number of aromatic amines is 1. The SMILES string of the molecule is CC(C)[C@@]1(O)[C@@H](OC(=O)c2ccc[nH]2)[C@@]2(O)[C@@]3(C)C[C@]4(O)O[C@@]5(/C(=N/OCc6ccccc6)[C@@H](C)CC[C@]35O)[C@@]2(O)[C@]14C. The van der Waals surface area contributed by atoms with Crippen molar-refractivity contribution in [2.45, 2.75) is 100 Å². The molecule has 43 heavy (non-hydrogen) atoms. The second-order valence-electron chi connectivity index (χ2n) is 14.1. The van der Waals surface area contributed by atoms with Crippen molar-refractivity contribution in [3.63, 3.8) is 0 Å². The van der Waals surface area contributed by atoms with Crippen molar-refractivity contribution >= 4 is 11.7 Å². The minimum absolute atomic E-state index is 0.0744. The molecule has 232 valence electrons. The minimum atomic E-state index is -2.59. The van der Waals surface area contributed by atoms with E-state index in [0.29, 0.717) is 6.42 Å². The maximum atomic E-state index is 13.5. The van der Waals surface area contributed by atoms with Gasteiger partial charge in [-0.1, -0.05) is 63.2 Å². The van der Waals surface area contributed by atoms with Gasteiger partial charge < -0.3 is 44.8 Å². The zero-order chi connectivity index (χ0) is 31.1. The number of hydrogen-bond donors (Lipinski definition) is 6. The molecule has 2 aliphatic heterocycles. The highest BCUT2D eigenvalue weighted by molar-refractivity contribution is 6.01. The predicted octanol–water partition coefficient (Wildman–Crippen LogP) is 2.02. The highest BCUT2D eigenvalue weighted by Crippen LogP contribution is 2.90. The van der Waals surface area contributed by atoms with E-state index in [1.807, 2.05) is 37.3 Å². The van der Waals surface area contributed by atoms with Gasteiger partial charge in [-0.15, -0.1) is 0 Å². The number of rotatable bonds is 6. The van der Waals surface area contributed by atoms with Crippen molar-refractivity contribution in [2.24, 2.45) is 27.8 Å². The highest BCUT2D eigenvalue weighted by atomic mass is 16.7. The van der Waals surface area contributed by atoms with E-state index >= 15 is 0 Å². The summed E-state index contributed by atoms with van der Waals surface area (Å²) in [5.41, 5.74) is -14.3. The van der Waals surface area contributed by atoms with Gasteiger partial charge in [0.15, 0.2) is 17.5 Å². The van der Waals surface area contributed by atoms with Gasteiger partial charge in [0.2, 0.25) is 0 Å². The van der Waals surface area contributed by atoms with Crippen molar-refractivity contribution < 1.29 is 44.6 Å². The molecule has 4 saturated carbocycles. The number of ether oxygens (including phenoxy) is 2. The van der Waals surface area contributed by atoms with E-state index in [-0.39, 0.29) is 30.9 Å². The van der Waals surface area contributed by atoms with Gasteiger partial charge in [0.05, 0.1) is 11.1 Å². The first-order valence-electron chi connectivity index (χ1n) is 15.0. The Morgan fingerprint density at radius 2 is 1.79 bits per heavy atom. The third kappa shape index (κ3) is 2.61. The van der Waals surface area contributed by atoms with Crippen LogP contribution in [0.3, 0.4) is 0 Å². The number of benzene rings is 1. The Labute approximate surface area is 249 Å². The maximum absolute atomic E-state index is 13.5. The van der Waals surface area contributed by atoms with Gasteiger partial charge in [-0.2, -0.15) is 0 Å². The number of aromatic nitrogens is 1. The normalized spacial score (nSPS) is 50.0. The summed E-state index contributed by atoms with van der Waals surface area (Å²) in [6.45, 7) is 8.27. The Kier molecular flexibility index (Phi) is 5.56. The van der Waals surface area contributed by atoms with E-state index in [0.717, 1.165) is 5.56 Å². The Morgan fingerprint density at radius 1 is 1.09 bits per heavy atom. The van der Waals surface area contributed by atoms with Gasteiger partial charge >= 0.3 is 5.97 Å². The molecule has 6 aliphatic rings. The second kappa shape index (κ2) is 8.26. The number of nitrogens with one attached hydrogen (secondary N) is 1. The first kappa shape index (κ1) is 28.9. The fraction of sp³-hybridized carbons (Fsp3) is 0.625. The quantitative estimate of drug-likeness (QED) is 0.215. The Balaban J connectivity index is 1.47. The molecule has 1 aromatic carbocycles. The van der Waals surface area contributed by atoms with E-state index in [1.165, 1.54) is 19.2 Å². The second-order valence-corrected chi connectivity index (χ2v) is 14.1. The zero-order valence-electron chi connectivity index (χ0n) is 25.0. The van der Waals surface area contributed by atoms with Crippen LogP contribution in [0.15, 0.2) is 53.8 Å². The minimum Gasteiger partial charge on any atom is -0.451 e. The smallest absolute Gasteiger partial charge is 0.355 e. The maximum Gasteiger partial charge on any atom is 0.355 e. The van der Waals surface area contributed by atoms with Crippen LogP contribution < -0.4 is 0 Å². The van der Waals surface area contributed by atoms with Crippen LogP contribution in [0.5, 0.6) is 0 Å². The third-order valence-electron chi connectivity index (χ3n) is 12.3. The molecule has 4 aliphatic carbocycles. The summed E-state index contributed by atoms with van der Waals surface area (Å²) >= 11 is 0. The molecule has 6 fully saturated rings. The molecule has 6 N–H and O–H groups in total. The Hall–Kier alpha value is -2.80. The summed E-state index contributed by atoms with van der Waals surface area (Å²) in [6, 6.07) is 12.4. The van der Waals surface area contributed by atoms with Gasteiger partial charge in [0.1, 0.15) is 34.7 Å².